The van der Waals surface area contributed by atoms with Gasteiger partial charge in [0.05, 0.1) is 0 Å². The summed E-state index contributed by atoms with van der Waals surface area (Å²) in [4.78, 5) is 8.30. The minimum Gasteiger partial charge on any atom is -0.467 e. The predicted molar refractivity (Wildman–Crippen MR) is 78.1 cm³/mol. The molecule has 1 aromatic carbocycles. The number of nitrogens with zero attached hydrogens (tertiary/aromatic N) is 3. The molecule has 0 aliphatic carbocycles. The summed E-state index contributed by atoms with van der Waals surface area (Å²) in [5.74, 6) is -1.47. The van der Waals surface area contributed by atoms with E-state index < -0.39 is 30.4 Å². The Bertz CT molecular complexity index is 733. The van der Waals surface area contributed by atoms with Gasteiger partial charge in [0.15, 0.2) is 6.61 Å². The molecule has 0 N–H and O–H groups in total. The molecule has 4 nitrogen and oxygen atoms in total. The van der Waals surface area contributed by atoms with E-state index in [1.807, 2.05) is 0 Å². The van der Waals surface area contributed by atoms with Gasteiger partial charge in [-0.1, -0.05) is 11.6 Å². The highest BCUT2D eigenvalue weighted by Crippen LogP contribution is 2.36. The van der Waals surface area contributed by atoms with Crippen LogP contribution in [0.25, 0.3) is 0 Å². The second-order valence-corrected chi connectivity index (χ2v) is 5.26. The number of alkyl halides is 6. The van der Waals surface area contributed by atoms with E-state index in [1.54, 1.807) is 12.1 Å². The summed E-state index contributed by atoms with van der Waals surface area (Å²) in [5, 5.41) is 0.430. The maximum Gasteiger partial charge on any atom is 0.423 e. The van der Waals surface area contributed by atoms with Crippen molar-refractivity contribution in [3.05, 3.63) is 41.0 Å². The Balaban J connectivity index is 2.38. The molecule has 0 atom stereocenters. The lowest BCUT2D eigenvalue weighted by Gasteiger charge is -2.20. The average Bonchev–Trinajstić information content (AvgIpc) is 2.51. The zero-order valence-corrected chi connectivity index (χ0v) is 13.2. The standard InChI is InChI=1S/C14H10ClF6N3O/c1-24(9-4-2-8(15)3-5-9)12-22-6-10(14(19,20)21)11(23-12)25-7-13(16,17)18/h2-6H,7H2,1H3. The van der Waals surface area contributed by atoms with Crippen molar-refractivity contribution in [2.75, 3.05) is 18.6 Å². The van der Waals surface area contributed by atoms with E-state index in [2.05, 4.69) is 14.7 Å². The normalized spacial score (nSPS) is 12.2. The first-order valence-electron chi connectivity index (χ1n) is 6.60. The Morgan fingerprint density at radius 3 is 2.20 bits per heavy atom. The maximum atomic E-state index is 12.9. The van der Waals surface area contributed by atoms with Crippen molar-refractivity contribution >= 4 is 23.2 Å². The molecule has 1 heterocycles. The van der Waals surface area contributed by atoms with Crippen LogP contribution in [0.15, 0.2) is 30.5 Å². The second kappa shape index (κ2) is 6.95. The second-order valence-electron chi connectivity index (χ2n) is 4.83. The van der Waals surface area contributed by atoms with Crippen LogP contribution in [0.2, 0.25) is 5.02 Å². The number of hydrogen-bond donors (Lipinski definition) is 0. The third kappa shape index (κ3) is 5.12. The van der Waals surface area contributed by atoms with Gasteiger partial charge < -0.3 is 9.64 Å². The Labute approximate surface area is 143 Å². The zero-order valence-electron chi connectivity index (χ0n) is 12.5. The van der Waals surface area contributed by atoms with Gasteiger partial charge in [-0.25, -0.2) is 4.98 Å². The molecule has 0 saturated carbocycles. The smallest absolute Gasteiger partial charge is 0.423 e. The fraction of sp³-hybridized carbons (Fsp3) is 0.286. The van der Waals surface area contributed by atoms with E-state index in [9.17, 15) is 26.3 Å². The first kappa shape index (κ1) is 19.1. The molecule has 2 aromatic rings. The SMILES string of the molecule is CN(c1ccc(Cl)cc1)c1ncc(C(F)(F)F)c(OCC(F)(F)F)n1. The molecular formula is C14H10ClF6N3O. The molecule has 0 saturated heterocycles. The summed E-state index contributed by atoms with van der Waals surface area (Å²) in [5.41, 5.74) is -1.03. The fourth-order valence-corrected chi connectivity index (χ4v) is 1.88. The van der Waals surface area contributed by atoms with Crippen LogP contribution >= 0.6 is 11.6 Å². The van der Waals surface area contributed by atoms with Gasteiger partial charge in [-0.05, 0) is 24.3 Å². The van der Waals surface area contributed by atoms with Gasteiger partial charge in [-0.2, -0.15) is 31.3 Å². The Kier molecular flexibility index (Phi) is 5.31. The summed E-state index contributed by atoms with van der Waals surface area (Å²) in [6, 6.07) is 6.14. The van der Waals surface area contributed by atoms with E-state index in [1.165, 1.54) is 24.1 Å². The predicted octanol–water partition coefficient (Wildman–Crippen LogP) is 4.86. The zero-order chi connectivity index (χ0) is 18.8. The molecule has 0 radical (unpaired) electrons. The third-order valence-corrected chi connectivity index (χ3v) is 3.18. The lowest BCUT2D eigenvalue weighted by molar-refractivity contribution is -0.159. The Morgan fingerprint density at radius 1 is 1.08 bits per heavy atom. The van der Waals surface area contributed by atoms with Crippen molar-refractivity contribution < 1.29 is 31.1 Å². The number of benzene rings is 1. The number of anilines is 2. The van der Waals surface area contributed by atoms with Gasteiger partial charge in [0, 0.05) is 24.0 Å². The first-order valence-corrected chi connectivity index (χ1v) is 6.98. The Hall–Kier alpha value is -2.23. The minimum atomic E-state index is -4.96. The molecule has 0 fully saturated rings. The van der Waals surface area contributed by atoms with Crippen molar-refractivity contribution in [3.8, 4) is 5.88 Å². The maximum absolute atomic E-state index is 12.9. The minimum absolute atomic E-state index is 0.271. The van der Waals surface area contributed by atoms with Crippen LogP contribution in [0.3, 0.4) is 0 Å². The van der Waals surface area contributed by atoms with E-state index in [0.29, 0.717) is 16.9 Å². The fourth-order valence-electron chi connectivity index (χ4n) is 1.75. The molecule has 11 heteroatoms. The summed E-state index contributed by atoms with van der Waals surface area (Å²) in [6.45, 7) is -1.91. The molecule has 0 amide bonds. The van der Waals surface area contributed by atoms with E-state index >= 15 is 0 Å². The van der Waals surface area contributed by atoms with Crippen molar-refractivity contribution in [1.82, 2.24) is 9.97 Å². The van der Waals surface area contributed by atoms with Crippen LogP contribution in [0.5, 0.6) is 5.88 Å². The van der Waals surface area contributed by atoms with E-state index in [-0.39, 0.29) is 5.95 Å². The molecular weight excluding hydrogens is 376 g/mol. The molecule has 0 aliphatic heterocycles. The number of rotatable bonds is 4. The highest BCUT2D eigenvalue weighted by molar-refractivity contribution is 6.30. The van der Waals surface area contributed by atoms with Crippen LogP contribution in [0, 0.1) is 0 Å². The van der Waals surface area contributed by atoms with E-state index in [0.717, 1.165) is 0 Å². The average molecular weight is 386 g/mol. The van der Waals surface area contributed by atoms with Gasteiger partial charge >= 0.3 is 12.4 Å². The molecule has 2 rings (SSSR count). The molecule has 0 bridgehead atoms. The summed E-state index contributed by atoms with van der Waals surface area (Å²) < 4.78 is 79.7. The summed E-state index contributed by atoms with van der Waals surface area (Å²) in [6.07, 6.45) is -9.39. The highest BCUT2D eigenvalue weighted by atomic mass is 35.5. The van der Waals surface area contributed by atoms with Crippen LogP contribution in [-0.2, 0) is 6.18 Å². The van der Waals surface area contributed by atoms with Gasteiger partial charge in [0.2, 0.25) is 11.8 Å². The number of ether oxygens (including phenoxy) is 1. The van der Waals surface area contributed by atoms with Crippen molar-refractivity contribution in [2.24, 2.45) is 0 Å². The first-order chi connectivity index (χ1) is 11.5. The van der Waals surface area contributed by atoms with Crippen molar-refractivity contribution in [2.45, 2.75) is 12.4 Å². The summed E-state index contributed by atoms with van der Waals surface area (Å²) >= 11 is 5.74. The van der Waals surface area contributed by atoms with Gasteiger partial charge in [0.25, 0.3) is 0 Å². The van der Waals surface area contributed by atoms with Gasteiger partial charge in [-0.15, -0.1) is 0 Å². The number of aromatic nitrogens is 2. The van der Waals surface area contributed by atoms with Crippen LogP contribution in [-0.4, -0.2) is 29.8 Å². The third-order valence-electron chi connectivity index (χ3n) is 2.93. The van der Waals surface area contributed by atoms with Crippen LogP contribution in [0.1, 0.15) is 5.56 Å². The quantitative estimate of drug-likeness (QED) is 0.705. The molecule has 0 spiro atoms. The van der Waals surface area contributed by atoms with Crippen molar-refractivity contribution in [3.63, 3.8) is 0 Å². The lowest BCUT2D eigenvalue weighted by Crippen LogP contribution is -2.23. The largest absolute Gasteiger partial charge is 0.467 e. The molecule has 1 aromatic heterocycles. The van der Waals surface area contributed by atoms with Crippen molar-refractivity contribution in [1.29, 1.82) is 0 Å². The molecule has 0 aliphatic rings. The highest BCUT2D eigenvalue weighted by Gasteiger charge is 2.38. The van der Waals surface area contributed by atoms with Crippen LogP contribution < -0.4 is 9.64 Å². The van der Waals surface area contributed by atoms with Gasteiger partial charge in [0.1, 0.15) is 5.56 Å². The summed E-state index contributed by atoms with van der Waals surface area (Å²) in [7, 11) is 1.43. The monoisotopic (exact) mass is 385 g/mol. The van der Waals surface area contributed by atoms with Gasteiger partial charge in [-0.3, -0.25) is 0 Å². The lowest BCUT2D eigenvalue weighted by atomic mass is 10.3. The van der Waals surface area contributed by atoms with E-state index in [4.69, 9.17) is 11.6 Å². The molecule has 136 valence electrons. The number of halogens is 7. The topological polar surface area (TPSA) is 38.2 Å². The Morgan fingerprint density at radius 2 is 1.68 bits per heavy atom. The molecule has 25 heavy (non-hydrogen) atoms. The molecule has 0 unspecified atom stereocenters. The number of hydrogen-bond acceptors (Lipinski definition) is 4. The van der Waals surface area contributed by atoms with Crippen LogP contribution in [0.4, 0.5) is 38.0 Å².